The van der Waals surface area contributed by atoms with E-state index in [2.05, 4.69) is 0 Å². The highest BCUT2D eigenvalue weighted by molar-refractivity contribution is 6.52. The quantitative estimate of drug-likeness (QED) is 0.345. The minimum absolute atomic E-state index is 0.111. The number of phenolic OH excluding ortho intramolecular Hbond substituents is 1. The van der Waals surface area contributed by atoms with Crippen LogP contribution in [0.3, 0.4) is 0 Å². The molecule has 0 radical (unpaired) electrons. The zero-order valence-corrected chi connectivity index (χ0v) is 18.4. The lowest BCUT2D eigenvalue weighted by Gasteiger charge is -2.26. The molecule has 1 fully saturated rings. The number of hydrogen-bond acceptors (Lipinski definition) is 6. The van der Waals surface area contributed by atoms with Gasteiger partial charge in [-0.25, -0.2) is 0 Å². The minimum atomic E-state index is -0.964. The number of Topliss-reactive ketones (excluding diaryl/α,β-unsaturated/α-hetero) is 1. The lowest BCUT2D eigenvalue weighted by Crippen LogP contribution is -2.29. The number of anilines is 1. The van der Waals surface area contributed by atoms with Crippen molar-refractivity contribution in [1.29, 1.82) is 0 Å². The third-order valence-electron chi connectivity index (χ3n) is 5.61. The molecular weight excluding hydrogens is 422 g/mol. The molecule has 1 saturated heterocycles. The molecule has 3 aromatic rings. The molecule has 33 heavy (non-hydrogen) atoms. The summed E-state index contributed by atoms with van der Waals surface area (Å²) < 4.78 is 10.6. The summed E-state index contributed by atoms with van der Waals surface area (Å²) in [5, 5.41) is 21.8. The Hall–Kier alpha value is -4.26. The van der Waals surface area contributed by atoms with Gasteiger partial charge >= 0.3 is 0 Å². The van der Waals surface area contributed by atoms with Gasteiger partial charge in [-0.15, -0.1) is 0 Å². The number of aliphatic hydroxyl groups is 1. The number of phenols is 1. The van der Waals surface area contributed by atoms with Crippen LogP contribution in [0.5, 0.6) is 17.2 Å². The van der Waals surface area contributed by atoms with Crippen LogP contribution in [0.4, 0.5) is 5.69 Å². The lowest BCUT2D eigenvalue weighted by molar-refractivity contribution is -0.132. The zero-order chi connectivity index (χ0) is 23.7. The average Bonchev–Trinajstić information content (AvgIpc) is 3.09. The van der Waals surface area contributed by atoms with Crippen molar-refractivity contribution in [2.24, 2.45) is 0 Å². The number of methoxy groups -OCH3 is 2. The number of benzene rings is 3. The number of aryl methyl sites for hydroxylation is 1. The molecule has 2 N–H and O–H groups in total. The number of carbonyl (C=O) groups excluding carboxylic acids is 2. The Morgan fingerprint density at radius 3 is 2.36 bits per heavy atom. The Kier molecular flexibility index (Phi) is 5.79. The van der Waals surface area contributed by atoms with Crippen LogP contribution in [0.1, 0.15) is 22.7 Å². The molecule has 1 amide bonds. The largest absolute Gasteiger partial charge is 0.507 e. The Bertz CT molecular complexity index is 1280. The van der Waals surface area contributed by atoms with E-state index in [4.69, 9.17) is 9.47 Å². The minimum Gasteiger partial charge on any atom is -0.507 e. The third-order valence-corrected chi connectivity index (χ3v) is 5.61. The number of hydrogen-bond donors (Lipinski definition) is 2. The average molecular weight is 445 g/mol. The highest BCUT2D eigenvalue weighted by Gasteiger charge is 2.48. The molecule has 0 aliphatic carbocycles. The molecular formula is C26H23NO6. The van der Waals surface area contributed by atoms with Crippen LogP contribution in [0.2, 0.25) is 0 Å². The van der Waals surface area contributed by atoms with Crippen LogP contribution in [-0.4, -0.2) is 36.1 Å². The number of aliphatic hydroxyl groups excluding tert-OH is 1. The van der Waals surface area contributed by atoms with E-state index >= 15 is 0 Å². The highest BCUT2D eigenvalue weighted by Crippen LogP contribution is 2.45. The summed E-state index contributed by atoms with van der Waals surface area (Å²) in [6.45, 7) is 1.89. The van der Waals surface area contributed by atoms with Gasteiger partial charge in [-0.1, -0.05) is 42.0 Å². The van der Waals surface area contributed by atoms with Gasteiger partial charge in [-0.05, 0) is 42.8 Å². The second-order valence-corrected chi connectivity index (χ2v) is 7.64. The maximum atomic E-state index is 13.3. The van der Waals surface area contributed by atoms with Crippen LogP contribution in [0.15, 0.2) is 72.3 Å². The van der Waals surface area contributed by atoms with Crippen LogP contribution in [-0.2, 0) is 9.59 Å². The van der Waals surface area contributed by atoms with Gasteiger partial charge in [0, 0.05) is 0 Å². The zero-order valence-electron chi connectivity index (χ0n) is 18.4. The Morgan fingerprint density at radius 1 is 0.939 bits per heavy atom. The lowest BCUT2D eigenvalue weighted by atomic mass is 9.94. The van der Waals surface area contributed by atoms with Crippen molar-refractivity contribution in [2.45, 2.75) is 13.0 Å². The monoisotopic (exact) mass is 445 g/mol. The first-order chi connectivity index (χ1) is 15.9. The first-order valence-electron chi connectivity index (χ1n) is 10.2. The van der Waals surface area contributed by atoms with E-state index in [9.17, 15) is 19.8 Å². The molecule has 1 aliphatic rings. The summed E-state index contributed by atoms with van der Waals surface area (Å²) in [6.07, 6.45) is 0. The van der Waals surface area contributed by atoms with Crippen molar-refractivity contribution in [3.8, 4) is 17.2 Å². The normalized spacial score (nSPS) is 17.3. The van der Waals surface area contributed by atoms with Crippen molar-refractivity contribution in [3.05, 3.63) is 89.0 Å². The molecule has 4 rings (SSSR count). The standard InChI is InChI=1S/C26H23NO6/c1-15-7-6-8-16(13-15)23-22(24(29)18-14-17(32-2)11-12-21(18)33-3)25(30)26(31)27(23)19-9-4-5-10-20(19)28/h4-14,23,28-29H,1-3H3/b24-22+. The molecule has 0 saturated carbocycles. The van der Waals surface area contributed by atoms with E-state index in [1.807, 2.05) is 25.1 Å². The molecule has 1 unspecified atom stereocenters. The smallest absolute Gasteiger partial charge is 0.300 e. The van der Waals surface area contributed by atoms with Crippen molar-refractivity contribution >= 4 is 23.1 Å². The number of ketones is 1. The molecule has 0 aromatic heterocycles. The van der Waals surface area contributed by atoms with E-state index in [1.54, 1.807) is 36.4 Å². The van der Waals surface area contributed by atoms with E-state index in [-0.39, 0.29) is 22.6 Å². The predicted molar refractivity (Wildman–Crippen MR) is 124 cm³/mol. The number of rotatable bonds is 5. The fourth-order valence-corrected chi connectivity index (χ4v) is 4.05. The van der Waals surface area contributed by atoms with Crippen LogP contribution < -0.4 is 14.4 Å². The number of para-hydroxylation sites is 2. The molecule has 1 atom stereocenters. The van der Waals surface area contributed by atoms with E-state index in [0.29, 0.717) is 17.1 Å². The van der Waals surface area contributed by atoms with Gasteiger partial charge in [0.25, 0.3) is 11.7 Å². The van der Waals surface area contributed by atoms with Gasteiger partial charge in [-0.2, -0.15) is 0 Å². The molecule has 7 heteroatoms. The molecule has 0 spiro atoms. The molecule has 168 valence electrons. The van der Waals surface area contributed by atoms with E-state index in [0.717, 1.165) is 5.56 Å². The highest BCUT2D eigenvalue weighted by atomic mass is 16.5. The third kappa shape index (κ3) is 3.78. The number of amides is 1. The maximum Gasteiger partial charge on any atom is 0.300 e. The van der Waals surface area contributed by atoms with E-state index in [1.165, 1.54) is 31.3 Å². The molecule has 1 heterocycles. The number of aromatic hydroxyl groups is 1. The molecule has 7 nitrogen and oxygen atoms in total. The van der Waals surface area contributed by atoms with E-state index < -0.39 is 23.5 Å². The molecule has 3 aromatic carbocycles. The summed E-state index contributed by atoms with van der Waals surface area (Å²) in [5.74, 6) is -1.52. The Morgan fingerprint density at radius 2 is 1.70 bits per heavy atom. The van der Waals surface area contributed by atoms with Crippen LogP contribution >= 0.6 is 0 Å². The van der Waals surface area contributed by atoms with Crippen molar-refractivity contribution in [1.82, 2.24) is 0 Å². The first-order valence-corrected chi connectivity index (χ1v) is 10.2. The second kappa shape index (κ2) is 8.70. The molecule has 1 aliphatic heterocycles. The van der Waals surface area contributed by atoms with Crippen molar-refractivity contribution < 1.29 is 29.3 Å². The molecule has 0 bridgehead atoms. The Balaban J connectivity index is 2.01. The SMILES string of the molecule is COc1ccc(OC)c(/C(O)=C2\C(=O)C(=O)N(c3ccccc3O)C2c2cccc(C)c2)c1. The summed E-state index contributed by atoms with van der Waals surface area (Å²) in [4.78, 5) is 27.7. The van der Waals surface area contributed by atoms with Crippen molar-refractivity contribution in [2.75, 3.05) is 19.1 Å². The summed E-state index contributed by atoms with van der Waals surface area (Å²) in [7, 11) is 2.92. The first kappa shape index (κ1) is 22.0. The van der Waals surface area contributed by atoms with Gasteiger partial charge < -0.3 is 19.7 Å². The fraction of sp³-hybridized carbons (Fsp3) is 0.154. The van der Waals surface area contributed by atoms with Crippen LogP contribution in [0.25, 0.3) is 5.76 Å². The number of nitrogens with zero attached hydrogens (tertiary/aromatic N) is 1. The second-order valence-electron chi connectivity index (χ2n) is 7.64. The summed E-state index contributed by atoms with van der Waals surface area (Å²) >= 11 is 0. The van der Waals surface area contributed by atoms with Gasteiger partial charge in [0.2, 0.25) is 0 Å². The van der Waals surface area contributed by atoms with Crippen molar-refractivity contribution in [3.63, 3.8) is 0 Å². The maximum absolute atomic E-state index is 13.3. The van der Waals surface area contributed by atoms with Gasteiger partial charge in [0.15, 0.2) is 0 Å². The Labute approximate surface area is 191 Å². The van der Waals surface area contributed by atoms with Gasteiger partial charge in [0.05, 0.1) is 37.1 Å². The number of carbonyl (C=O) groups is 2. The van der Waals surface area contributed by atoms with Gasteiger partial charge in [0.1, 0.15) is 23.0 Å². The predicted octanol–water partition coefficient (Wildman–Crippen LogP) is 4.34. The fourth-order valence-electron chi connectivity index (χ4n) is 4.05. The topological polar surface area (TPSA) is 96.3 Å². The summed E-state index contributed by atoms with van der Waals surface area (Å²) in [6, 6.07) is 17.4. The number of ether oxygens (including phenoxy) is 2. The van der Waals surface area contributed by atoms with Gasteiger partial charge in [-0.3, -0.25) is 14.5 Å². The van der Waals surface area contributed by atoms with Crippen LogP contribution in [0, 0.1) is 6.92 Å². The summed E-state index contributed by atoms with van der Waals surface area (Å²) in [5.41, 5.74) is 1.79.